The number of aromatic amines is 1. The first-order valence-electron chi connectivity index (χ1n) is 5.65. The maximum atomic E-state index is 12.1. The van der Waals surface area contributed by atoms with Gasteiger partial charge in [-0.2, -0.15) is 0 Å². The molecule has 1 aliphatic rings. The van der Waals surface area contributed by atoms with Crippen molar-refractivity contribution in [3.05, 3.63) is 34.2 Å². The number of nitrogens with one attached hydrogen (secondary N) is 1. The van der Waals surface area contributed by atoms with Crippen LogP contribution < -0.4 is 5.43 Å². The minimum atomic E-state index is -0.132. The molecule has 1 aromatic rings. The molecule has 4 heteroatoms. The molecule has 0 spiro atoms. The van der Waals surface area contributed by atoms with Gasteiger partial charge in [0, 0.05) is 31.4 Å². The molecule has 1 unspecified atom stereocenters. The summed E-state index contributed by atoms with van der Waals surface area (Å²) >= 11 is 0. The number of amides is 1. The van der Waals surface area contributed by atoms with Crippen molar-refractivity contribution in [2.45, 2.75) is 19.8 Å². The van der Waals surface area contributed by atoms with Gasteiger partial charge >= 0.3 is 0 Å². The lowest BCUT2D eigenvalue weighted by Crippen LogP contribution is -2.39. The maximum Gasteiger partial charge on any atom is 0.270 e. The van der Waals surface area contributed by atoms with E-state index < -0.39 is 0 Å². The van der Waals surface area contributed by atoms with Gasteiger partial charge in [0.2, 0.25) is 0 Å². The molecule has 2 rings (SSSR count). The Hall–Kier alpha value is -1.58. The number of hydrogen-bond donors (Lipinski definition) is 1. The average Bonchev–Trinajstić information content (AvgIpc) is 2.28. The number of pyridine rings is 1. The van der Waals surface area contributed by atoms with E-state index in [0.29, 0.717) is 11.6 Å². The summed E-state index contributed by atoms with van der Waals surface area (Å²) in [5.74, 6) is 0.484. The van der Waals surface area contributed by atoms with Crippen LogP contribution in [0.4, 0.5) is 0 Å². The first kappa shape index (κ1) is 10.9. The lowest BCUT2D eigenvalue weighted by Gasteiger charge is -2.30. The van der Waals surface area contributed by atoms with Gasteiger partial charge in [-0.25, -0.2) is 0 Å². The van der Waals surface area contributed by atoms with Crippen LogP contribution in [0.1, 0.15) is 30.3 Å². The fraction of sp³-hybridized carbons (Fsp3) is 0.500. The first-order valence-corrected chi connectivity index (χ1v) is 5.65. The third kappa shape index (κ3) is 2.32. The van der Waals surface area contributed by atoms with Crippen LogP contribution in [-0.4, -0.2) is 28.9 Å². The smallest absolute Gasteiger partial charge is 0.270 e. The summed E-state index contributed by atoms with van der Waals surface area (Å²) in [4.78, 5) is 27.9. The van der Waals surface area contributed by atoms with Gasteiger partial charge in [0.05, 0.1) is 0 Å². The molecule has 2 heterocycles. The number of nitrogens with zero attached hydrogens (tertiary/aromatic N) is 1. The van der Waals surface area contributed by atoms with Crippen LogP contribution in [0, 0.1) is 5.92 Å². The molecule has 1 atom stereocenters. The Bertz CT molecular complexity index is 439. The summed E-state index contributed by atoms with van der Waals surface area (Å²) in [5, 5.41) is 0. The highest BCUT2D eigenvalue weighted by atomic mass is 16.2. The van der Waals surface area contributed by atoms with Gasteiger partial charge < -0.3 is 9.88 Å². The molecule has 0 aromatic carbocycles. The van der Waals surface area contributed by atoms with Crippen LogP contribution in [0.5, 0.6) is 0 Å². The number of carbonyl (C=O) groups excluding carboxylic acids is 1. The number of carbonyl (C=O) groups is 1. The maximum absolute atomic E-state index is 12.1. The standard InChI is InChI=1S/C12H16N2O2/c1-9-3-2-6-14(8-9)12(16)11-7-10(15)4-5-13-11/h4-5,7,9H,2-3,6,8H2,1H3,(H,13,15). The Labute approximate surface area is 94.3 Å². The fourth-order valence-electron chi connectivity index (χ4n) is 2.11. The van der Waals surface area contributed by atoms with Crippen molar-refractivity contribution in [3.8, 4) is 0 Å². The number of aromatic nitrogens is 1. The van der Waals surface area contributed by atoms with Gasteiger partial charge in [0.25, 0.3) is 5.91 Å². The molecular weight excluding hydrogens is 204 g/mol. The fourth-order valence-corrected chi connectivity index (χ4v) is 2.11. The van der Waals surface area contributed by atoms with Gasteiger partial charge in [-0.05, 0) is 18.8 Å². The molecule has 0 saturated carbocycles. The molecule has 1 fully saturated rings. The lowest BCUT2D eigenvalue weighted by atomic mass is 10.00. The van der Waals surface area contributed by atoms with Gasteiger partial charge in [-0.1, -0.05) is 6.92 Å². The molecule has 1 saturated heterocycles. The first-order chi connectivity index (χ1) is 7.66. The number of H-pyrrole nitrogens is 1. The monoisotopic (exact) mass is 220 g/mol. The van der Waals surface area contributed by atoms with Crippen LogP contribution in [-0.2, 0) is 0 Å². The zero-order valence-electron chi connectivity index (χ0n) is 9.40. The minimum absolute atomic E-state index is 0.0655. The third-order valence-corrected chi connectivity index (χ3v) is 2.95. The molecule has 16 heavy (non-hydrogen) atoms. The normalized spacial score (nSPS) is 20.8. The van der Waals surface area contributed by atoms with E-state index in [4.69, 9.17) is 0 Å². The van der Waals surface area contributed by atoms with Crippen molar-refractivity contribution in [1.82, 2.24) is 9.88 Å². The Morgan fingerprint density at radius 2 is 2.38 bits per heavy atom. The van der Waals surface area contributed by atoms with Crippen molar-refractivity contribution >= 4 is 5.91 Å². The van der Waals surface area contributed by atoms with E-state index in [9.17, 15) is 9.59 Å². The molecule has 0 aliphatic carbocycles. The van der Waals surface area contributed by atoms with E-state index in [0.717, 1.165) is 19.5 Å². The second-order valence-electron chi connectivity index (χ2n) is 4.44. The third-order valence-electron chi connectivity index (χ3n) is 2.95. The van der Waals surface area contributed by atoms with E-state index in [2.05, 4.69) is 11.9 Å². The van der Waals surface area contributed by atoms with Crippen LogP contribution >= 0.6 is 0 Å². The van der Waals surface area contributed by atoms with Gasteiger partial charge in [0.1, 0.15) is 5.69 Å². The van der Waals surface area contributed by atoms with Crippen molar-refractivity contribution in [1.29, 1.82) is 0 Å². The SMILES string of the molecule is CC1CCCN(C(=O)c2cc(=O)cc[nH]2)C1. The van der Waals surface area contributed by atoms with Crippen LogP contribution in [0.3, 0.4) is 0 Å². The van der Waals surface area contributed by atoms with Gasteiger partial charge in [-0.3, -0.25) is 9.59 Å². The zero-order chi connectivity index (χ0) is 11.5. The predicted octanol–water partition coefficient (Wildman–Crippen LogP) is 1.25. The topological polar surface area (TPSA) is 53.2 Å². The molecular formula is C12H16N2O2. The summed E-state index contributed by atoms with van der Waals surface area (Å²) in [5.41, 5.74) is 0.258. The number of likely N-dealkylation sites (tertiary alicyclic amines) is 1. The Morgan fingerprint density at radius 3 is 3.06 bits per heavy atom. The number of rotatable bonds is 1. The van der Waals surface area contributed by atoms with E-state index in [1.54, 1.807) is 0 Å². The molecule has 1 aromatic heterocycles. The van der Waals surface area contributed by atoms with Crippen LogP contribution in [0.2, 0.25) is 0 Å². The highest BCUT2D eigenvalue weighted by Crippen LogP contribution is 2.16. The molecule has 1 N–H and O–H groups in total. The minimum Gasteiger partial charge on any atom is -0.357 e. The highest BCUT2D eigenvalue weighted by molar-refractivity contribution is 5.92. The van der Waals surface area contributed by atoms with Crippen molar-refractivity contribution in [3.63, 3.8) is 0 Å². The van der Waals surface area contributed by atoms with E-state index in [1.807, 2.05) is 4.90 Å². The van der Waals surface area contributed by atoms with E-state index >= 15 is 0 Å². The summed E-state index contributed by atoms with van der Waals surface area (Å²) in [6.07, 6.45) is 3.74. The van der Waals surface area contributed by atoms with E-state index in [-0.39, 0.29) is 11.3 Å². The lowest BCUT2D eigenvalue weighted by molar-refractivity contribution is 0.0677. The van der Waals surface area contributed by atoms with Crippen molar-refractivity contribution in [2.24, 2.45) is 5.92 Å². The molecule has 1 amide bonds. The van der Waals surface area contributed by atoms with E-state index in [1.165, 1.54) is 24.8 Å². The van der Waals surface area contributed by atoms with Crippen molar-refractivity contribution in [2.75, 3.05) is 13.1 Å². The molecule has 0 radical (unpaired) electrons. The second-order valence-corrected chi connectivity index (χ2v) is 4.44. The second kappa shape index (κ2) is 4.51. The van der Waals surface area contributed by atoms with Crippen LogP contribution in [0.15, 0.2) is 23.1 Å². The average molecular weight is 220 g/mol. The molecule has 0 bridgehead atoms. The Morgan fingerprint density at radius 1 is 1.56 bits per heavy atom. The molecule has 86 valence electrons. The van der Waals surface area contributed by atoms with Crippen molar-refractivity contribution < 1.29 is 4.79 Å². The summed E-state index contributed by atoms with van der Waals surface area (Å²) in [6.45, 7) is 3.73. The highest BCUT2D eigenvalue weighted by Gasteiger charge is 2.22. The number of hydrogen-bond acceptors (Lipinski definition) is 2. The summed E-state index contributed by atoms with van der Waals surface area (Å²) in [6, 6.07) is 2.78. The zero-order valence-corrected chi connectivity index (χ0v) is 9.40. The Kier molecular flexibility index (Phi) is 3.08. The quantitative estimate of drug-likeness (QED) is 0.774. The predicted molar refractivity (Wildman–Crippen MR) is 61.4 cm³/mol. The largest absolute Gasteiger partial charge is 0.357 e. The summed E-state index contributed by atoms with van der Waals surface area (Å²) < 4.78 is 0. The van der Waals surface area contributed by atoms with Gasteiger partial charge in [-0.15, -0.1) is 0 Å². The number of piperidine rings is 1. The van der Waals surface area contributed by atoms with Crippen LogP contribution in [0.25, 0.3) is 0 Å². The Balaban J connectivity index is 2.15. The summed E-state index contributed by atoms with van der Waals surface area (Å²) in [7, 11) is 0. The molecule has 1 aliphatic heterocycles. The van der Waals surface area contributed by atoms with Gasteiger partial charge in [0.15, 0.2) is 5.43 Å². The molecule has 4 nitrogen and oxygen atoms in total.